The van der Waals surface area contributed by atoms with Gasteiger partial charge in [0.2, 0.25) is 0 Å². The first kappa shape index (κ1) is 13.2. The van der Waals surface area contributed by atoms with E-state index < -0.39 is 0 Å². The van der Waals surface area contributed by atoms with Gasteiger partial charge in [0.15, 0.2) is 0 Å². The maximum absolute atomic E-state index is 6.34. The molecule has 1 aliphatic heterocycles. The zero-order valence-corrected chi connectivity index (χ0v) is 11.9. The molecule has 3 heteroatoms. The molecule has 2 nitrogen and oxygen atoms in total. The van der Waals surface area contributed by atoms with Crippen LogP contribution in [0.3, 0.4) is 0 Å². The number of hydrogen-bond acceptors (Lipinski definition) is 3. The van der Waals surface area contributed by atoms with Crippen LogP contribution in [0.5, 0.6) is 0 Å². The predicted octanol–water partition coefficient (Wildman–Crippen LogP) is 3.61. The first-order valence-electron chi connectivity index (χ1n) is 6.45. The summed E-state index contributed by atoms with van der Waals surface area (Å²) >= 11 is 1.83. The molecule has 18 heavy (non-hydrogen) atoms. The molecule has 0 unspecified atom stereocenters. The van der Waals surface area contributed by atoms with E-state index in [-0.39, 0.29) is 0 Å². The van der Waals surface area contributed by atoms with E-state index in [1.54, 1.807) is 0 Å². The average Bonchev–Trinajstić information content (AvgIpc) is 2.90. The summed E-state index contributed by atoms with van der Waals surface area (Å²) in [5.74, 6) is 1.09. The van der Waals surface area contributed by atoms with Gasteiger partial charge in [-0.05, 0) is 18.9 Å². The number of hydrogen-bond donors (Lipinski definition) is 1. The van der Waals surface area contributed by atoms with Crippen molar-refractivity contribution in [1.29, 1.82) is 0 Å². The lowest BCUT2D eigenvalue weighted by Crippen LogP contribution is -2.07. The molecule has 2 N–H and O–H groups in total. The summed E-state index contributed by atoms with van der Waals surface area (Å²) in [5.41, 5.74) is 10.8. The van der Waals surface area contributed by atoms with Crippen molar-refractivity contribution in [3.8, 4) is 0 Å². The first-order valence-corrected chi connectivity index (χ1v) is 7.44. The summed E-state index contributed by atoms with van der Waals surface area (Å²) in [6.07, 6.45) is 2.10. The van der Waals surface area contributed by atoms with Gasteiger partial charge in [-0.2, -0.15) is 0 Å². The van der Waals surface area contributed by atoms with E-state index in [9.17, 15) is 0 Å². The Kier molecular flexibility index (Phi) is 4.48. The van der Waals surface area contributed by atoms with Crippen LogP contribution < -0.4 is 5.73 Å². The molecule has 0 amide bonds. The number of thioether (sulfide) groups is 1. The van der Waals surface area contributed by atoms with Crippen LogP contribution in [0.15, 0.2) is 34.8 Å². The van der Waals surface area contributed by atoms with Crippen molar-refractivity contribution in [3.63, 3.8) is 0 Å². The number of nitrogens with two attached hydrogens (primary N) is 1. The van der Waals surface area contributed by atoms with E-state index in [1.165, 1.54) is 11.1 Å². The maximum atomic E-state index is 6.34. The molecule has 0 aromatic heterocycles. The van der Waals surface area contributed by atoms with E-state index in [1.807, 2.05) is 11.8 Å². The Morgan fingerprint density at radius 1 is 1.33 bits per heavy atom. The van der Waals surface area contributed by atoms with Gasteiger partial charge in [-0.1, -0.05) is 43.2 Å². The number of benzene rings is 1. The molecule has 0 radical (unpaired) electrons. The minimum atomic E-state index is 0.894. The van der Waals surface area contributed by atoms with Crippen LogP contribution >= 0.6 is 11.8 Å². The van der Waals surface area contributed by atoms with Crippen molar-refractivity contribution in [2.75, 3.05) is 12.3 Å². The normalized spacial score (nSPS) is 16.4. The van der Waals surface area contributed by atoms with Crippen molar-refractivity contribution in [3.05, 3.63) is 41.0 Å². The van der Waals surface area contributed by atoms with Crippen molar-refractivity contribution in [1.82, 2.24) is 0 Å². The fraction of sp³-hybridized carbons (Fsp3) is 0.400. The molecule has 96 valence electrons. The highest BCUT2D eigenvalue weighted by molar-refractivity contribution is 8.14. The van der Waals surface area contributed by atoms with Crippen LogP contribution in [0.25, 0.3) is 5.70 Å². The van der Waals surface area contributed by atoms with E-state index in [0.717, 1.165) is 41.4 Å². The highest BCUT2D eigenvalue weighted by Gasteiger charge is 2.16. The smallest absolute Gasteiger partial charge is 0.0958 e. The van der Waals surface area contributed by atoms with Crippen LogP contribution in [0.4, 0.5) is 0 Å². The zero-order valence-electron chi connectivity index (χ0n) is 11.1. The van der Waals surface area contributed by atoms with E-state index >= 15 is 0 Å². The molecule has 0 spiro atoms. The Balaban J connectivity index is 2.36. The lowest BCUT2D eigenvalue weighted by molar-refractivity contribution is 0.936. The largest absolute Gasteiger partial charge is 0.398 e. The molecule has 2 rings (SSSR count). The molecule has 0 saturated heterocycles. The molecular formula is C15H20N2S. The molecule has 1 aromatic carbocycles. The quantitative estimate of drug-likeness (QED) is 0.898. The Morgan fingerprint density at radius 3 is 2.61 bits per heavy atom. The fourth-order valence-corrected chi connectivity index (χ4v) is 2.98. The molecule has 1 aliphatic rings. The molecule has 0 bridgehead atoms. The molecule has 1 aromatic rings. The van der Waals surface area contributed by atoms with Gasteiger partial charge in [-0.15, -0.1) is 11.8 Å². The van der Waals surface area contributed by atoms with Crippen molar-refractivity contribution in [2.24, 2.45) is 10.7 Å². The second-order valence-electron chi connectivity index (χ2n) is 4.54. The number of aryl methyl sites for hydroxylation is 1. The summed E-state index contributed by atoms with van der Waals surface area (Å²) in [5, 5.41) is 1.15. The number of nitrogens with zero attached hydrogens (tertiary/aromatic N) is 1. The third-order valence-electron chi connectivity index (χ3n) is 3.03. The first-order chi connectivity index (χ1) is 8.72. The number of rotatable bonds is 4. The highest BCUT2D eigenvalue weighted by atomic mass is 32.2. The van der Waals surface area contributed by atoms with Gasteiger partial charge in [0, 0.05) is 23.6 Å². The van der Waals surface area contributed by atoms with Gasteiger partial charge >= 0.3 is 0 Å². The lowest BCUT2D eigenvalue weighted by atomic mass is 10.0. The standard InChI is InChI=1S/C15H20N2S/c1-3-4-13(15-17-9-10-18-15)14(16)12-7-5-11(2)6-8-12/h5-8H,3-4,9-10,16H2,1-2H3/b14-13+. The summed E-state index contributed by atoms with van der Waals surface area (Å²) in [7, 11) is 0. The topological polar surface area (TPSA) is 38.4 Å². The minimum absolute atomic E-state index is 0.894. The summed E-state index contributed by atoms with van der Waals surface area (Å²) < 4.78 is 0. The minimum Gasteiger partial charge on any atom is -0.398 e. The summed E-state index contributed by atoms with van der Waals surface area (Å²) in [6.45, 7) is 5.20. The summed E-state index contributed by atoms with van der Waals surface area (Å²) in [4.78, 5) is 4.56. The Hall–Kier alpha value is -1.22. The lowest BCUT2D eigenvalue weighted by Gasteiger charge is -2.11. The van der Waals surface area contributed by atoms with Gasteiger partial charge < -0.3 is 5.73 Å². The molecular weight excluding hydrogens is 240 g/mol. The SMILES string of the molecule is CCC/C(C1=NCCS1)=C(\N)c1ccc(C)cc1. The summed E-state index contributed by atoms with van der Waals surface area (Å²) in [6, 6.07) is 8.41. The number of aliphatic imine (C=N–C) groups is 1. The van der Waals surface area contributed by atoms with Crippen LogP contribution in [-0.2, 0) is 0 Å². The second kappa shape index (κ2) is 6.10. The predicted molar refractivity (Wildman–Crippen MR) is 82.0 cm³/mol. The Morgan fingerprint density at radius 2 is 2.06 bits per heavy atom. The maximum Gasteiger partial charge on any atom is 0.0958 e. The van der Waals surface area contributed by atoms with E-state index in [2.05, 4.69) is 43.1 Å². The van der Waals surface area contributed by atoms with Gasteiger partial charge in [0.05, 0.1) is 5.04 Å². The van der Waals surface area contributed by atoms with Gasteiger partial charge in [-0.25, -0.2) is 0 Å². The monoisotopic (exact) mass is 260 g/mol. The highest BCUT2D eigenvalue weighted by Crippen LogP contribution is 2.27. The Labute approximate surface area is 113 Å². The molecule has 1 heterocycles. The molecule has 0 saturated carbocycles. The van der Waals surface area contributed by atoms with E-state index in [0.29, 0.717) is 0 Å². The van der Waals surface area contributed by atoms with Crippen LogP contribution in [0.1, 0.15) is 30.9 Å². The second-order valence-corrected chi connectivity index (χ2v) is 5.63. The van der Waals surface area contributed by atoms with Gasteiger partial charge in [-0.3, -0.25) is 4.99 Å². The van der Waals surface area contributed by atoms with Gasteiger partial charge in [0.25, 0.3) is 0 Å². The third-order valence-corrected chi connectivity index (χ3v) is 4.07. The molecule has 0 fully saturated rings. The third kappa shape index (κ3) is 2.96. The molecule has 0 aliphatic carbocycles. The van der Waals surface area contributed by atoms with Crippen molar-refractivity contribution in [2.45, 2.75) is 26.7 Å². The van der Waals surface area contributed by atoms with Crippen LogP contribution in [0, 0.1) is 6.92 Å². The van der Waals surface area contributed by atoms with Crippen molar-refractivity contribution >= 4 is 22.5 Å². The van der Waals surface area contributed by atoms with Crippen LogP contribution in [0.2, 0.25) is 0 Å². The van der Waals surface area contributed by atoms with Gasteiger partial charge in [0.1, 0.15) is 0 Å². The fourth-order valence-electron chi connectivity index (χ4n) is 2.03. The zero-order chi connectivity index (χ0) is 13.0. The van der Waals surface area contributed by atoms with Crippen LogP contribution in [-0.4, -0.2) is 17.3 Å². The van der Waals surface area contributed by atoms with Crippen molar-refractivity contribution < 1.29 is 0 Å². The average molecular weight is 260 g/mol. The Bertz CT molecular complexity index is 472. The molecule has 0 atom stereocenters. The van der Waals surface area contributed by atoms with E-state index in [4.69, 9.17) is 5.73 Å².